The Morgan fingerprint density at radius 3 is 2.86 bits per heavy atom. The van der Waals surface area contributed by atoms with Gasteiger partial charge in [0.1, 0.15) is 0 Å². The number of carboxylic acid groups (broad SMARTS) is 1. The second-order valence-electron chi connectivity index (χ2n) is 7.02. The summed E-state index contributed by atoms with van der Waals surface area (Å²) in [6, 6.07) is 8.55. The Morgan fingerprint density at radius 1 is 1.38 bits per heavy atom. The van der Waals surface area contributed by atoms with E-state index in [0.29, 0.717) is 12.5 Å². The van der Waals surface area contributed by atoms with Gasteiger partial charge in [-0.1, -0.05) is 44.0 Å². The molecule has 1 heterocycles. The predicted octanol–water partition coefficient (Wildman–Crippen LogP) is 3.33. The van der Waals surface area contributed by atoms with Crippen LogP contribution in [0.2, 0.25) is 0 Å². The van der Waals surface area contributed by atoms with E-state index < -0.39 is 11.4 Å². The molecule has 1 aliphatic heterocycles. The number of carbonyl (C=O) groups is 1. The molecule has 0 bridgehead atoms. The third-order valence-corrected chi connectivity index (χ3v) is 5.28. The molecule has 2 atom stereocenters. The fourth-order valence-electron chi connectivity index (χ4n) is 4.18. The van der Waals surface area contributed by atoms with Crippen LogP contribution in [-0.4, -0.2) is 29.1 Å². The lowest BCUT2D eigenvalue weighted by atomic mass is 9.69. The maximum absolute atomic E-state index is 11.9. The third kappa shape index (κ3) is 2.98. The highest BCUT2D eigenvalue weighted by molar-refractivity contribution is 5.75. The van der Waals surface area contributed by atoms with Crippen molar-refractivity contribution in [1.29, 1.82) is 0 Å². The van der Waals surface area contributed by atoms with E-state index in [4.69, 9.17) is 0 Å². The average molecular weight is 287 g/mol. The molecule has 2 aliphatic rings. The Balaban J connectivity index is 1.74. The quantitative estimate of drug-likeness (QED) is 0.927. The van der Waals surface area contributed by atoms with Gasteiger partial charge in [0.25, 0.3) is 0 Å². The SMILES string of the molecule is CC1CCCC(CN2CCc3ccccc3C2)(C(=O)O)C1. The van der Waals surface area contributed by atoms with Crippen molar-refractivity contribution in [2.45, 2.75) is 45.6 Å². The van der Waals surface area contributed by atoms with Crippen molar-refractivity contribution >= 4 is 5.97 Å². The number of rotatable bonds is 3. The first-order valence-corrected chi connectivity index (χ1v) is 8.12. The first-order chi connectivity index (χ1) is 10.1. The lowest BCUT2D eigenvalue weighted by molar-refractivity contribution is -0.153. The summed E-state index contributed by atoms with van der Waals surface area (Å²) in [7, 11) is 0. The molecule has 1 N–H and O–H groups in total. The van der Waals surface area contributed by atoms with Crippen LogP contribution in [0.1, 0.15) is 43.7 Å². The van der Waals surface area contributed by atoms with Crippen LogP contribution in [0, 0.1) is 11.3 Å². The first-order valence-electron chi connectivity index (χ1n) is 8.12. The van der Waals surface area contributed by atoms with Gasteiger partial charge in [-0.25, -0.2) is 0 Å². The summed E-state index contributed by atoms with van der Waals surface area (Å²) in [5, 5.41) is 9.81. The zero-order valence-electron chi connectivity index (χ0n) is 12.8. The number of hydrogen-bond donors (Lipinski definition) is 1. The Hall–Kier alpha value is -1.35. The number of benzene rings is 1. The van der Waals surface area contributed by atoms with Crippen LogP contribution >= 0.6 is 0 Å². The van der Waals surface area contributed by atoms with Gasteiger partial charge < -0.3 is 5.11 Å². The minimum atomic E-state index is -0.590. The van der Waals surface area contributed by atoms with Gasteiger partial charge in [-0.2, -0.15) is 0 Å². The summed E-state index contributed by atoms with van der Waals surface area (Å²) >= 11 is 0. The first kappa shape index (κ1) is 14.6. The number of fused-ring (bicyclic) bond motifs is 1. The van der Waals surface area contributed by atoms with Crippen molar-refractivity contribution in [3.63, 3.8) is 0 Å². The van der Waals surface area contributed by atoms with Gasteiger partial charge >= 0.3 is 5.97 Å². The third-order valence-electron chi connectivity index (χ3n) is 5.28. The monoisotopic (exact) mass is 287 g/mol. The van der Waals surface area contributed by atoms with Gasteiger partial charge in [0.15, 0.2) is 0 Å². The molecule has 1 fully saturated rings. The van der Waals surface area contributed by atoms with E-state index in [9.17, 15) is 9.90 Å². The fraction of sp³-hybridized carbons (Fsp3) is 0.611. The van der Waals surface area contributed by atoms with E-state index in [1.54, 1.807) is 0 Å². The van der Waals surface area contributed by atoms with E-state index in [-0.39, 0.29) is 0 Å². The molecule has 21 heavy (non-hydrogen) atoms. The number of nitrogens with zero attached hydrogens (tertiary/aromatic N) is 1. The standard InChI is InChI=1S/C18H25NO2/c1-14-5-4-9-18(11-14,17(20)21)13-19-10-8-15-6-2-3-7-16(15)12-19/h2-3,6-7,14H,4-5,8-13H2,1H3,(H,20,21). The maximum Gasteiger partial charge on any atom is 0.310 e. The molecule has 0 saturated heterocycles. The zero-order chi connectivity index (χ0) is 14.9. The summed E-state index contributed by atoms with van der Waals surface area (Å²) in [6.07, 6.45) is 4.95. The highest BCUT2D eigenvalue weighted by atomic mass is 16.4. The molecule has 3 rings (SSSR count). The molecule has 3 heteroatoms. The smallest absolute Gasteiger partial charge is 0.310 e. The lowest BCUT2D eigenvalue weighted by Gasteiger charge is -2.41. The van der Waals surface area contributed by atoms with Crippen molar-refractivity contribution in [2.24, 2.45) is 11.3 Å². The molecule has 0 spiro atoms. The Bertz CT molecular complexity index is 528. The minimum Gasteiger partial charge on any atom is -0.481 e. The number of carboxylic acids is 1. The van der Waals surface area contributed by atoms with Crippen molar-refractivity contribution in [1.82, 2.24) is 4.90 Å². The molecule has 1 saturated carbocycles. The Labute approximate surface area is 127 Å². The molecule has 2 unspecified atom stereocenters. The van der Waals surface area contributed by atoms with E-state index in [0.717, 1.165) is 38.8 Å². The number of aliphatic carboxylic acids is 1. The van der Waals surface area contributed by atoms with Crippen LogP contribution in [0.5, 0.6) is 0 Å². The van der Waals surface area contributed by atoms with Gasteiger partial charge in [0, 0.05) is 19.6 Å². The van der Waals surface area contributed by atoms with E-state index in [1.165, 1.54) is 17.5 Å². The van der Waals surface area contributed by atoms with Crippen molar-refractivity contribution in [3.8, 4) is 0 Å². The topological polar surface area (TPSA) is 40.5 Å². The van der Waals surface area contributed by atoms with Crippen LogP contribution in [0.3, 0.4) is 0 Å². The maximum atomic E-state index is 11.9. The van der Waals surface area contributed by atoms with Gasteiger partial charge in [0.2, 0.25) is 0 Å². The Morgan fingerprint density at radius 2 is 2.14 bits per heavy atom. The summed E-state index contributed by atoms with van der Waals surface area (Å²) < 4.78 is 0. The molecule has 0 radical (unpaired) electrons. The average Bonchev–Trinajstić information content (AvgIpc) is 2.47. The highest BCUT2D eigenvalue weighted by Gasteiger charge is 2.43. The zero-order valence-corrected chi connectivity index (χ0v) is 12.8. The van der Waals surface area contributed by atoms with Gasteiger partial charge in [-0.05, 0) is 36.3 Å². The van der Waals surface area contributed by atoms with E-state index in [2.05, 4.69) is 36.1 Å². The molecule has 1 aromatic carbocycles. The molecule has 0 amide bonds. The molecular weight excluding hydrogens is 262 g/mol. The van der Waals surface area contributed by atoms with Gasteiger partial charge in [-0.15, -0.1) is 0 Å². The van der Waals surface area contributed by atoms with Crippen LogP contribution in [0.15, 0.2) is 24.3 Å². The number of hydrogen-bond acceptors (Lipinski definition) is 2. The van der Waals surface area contributed by atoms with Crippen molar-refractivity contribution < 1.29 is 9.90 Å². The van der Waals surface area contributed by atoms with E-state index >= 15 is 0 Å². The molecule has 0 aromatic heterocycles. The van der Waals surface area contributed by atoms with Crippen molar-refractivity contribution in [3.05, 3.63) is 35.4 Å². The van der Waals surface area contributed by atoms with Gasteiger partial charge in [-0.3, -0.25) is 9.69 Å². The molecule has 1 aliphatic carbocycles. The van der Waals surface area contributed by atoms with Crippen LogP contribution in [0.25, 0.3) is 0 Å². The molecule has 3 nitrogen and oxygen atoms in total. The highest BCUT2D eigenvalue weighted by Crippen LogP contribution is 2.41. The van der Waals surface area contributed by atoms with Crippen molar-refractivity contribution in [2.75, 3.05) is 13.1 Å². The predicted molar refractivity (Wildman–Crippen MR) is 83.1 cm³/mol. The summed E-state index contributed by atoms with van der Waals surface area (Å²) in [4.78, 5) is 14.3. The second kappa shape index (κ2) is 5.80. The largest absolute Gasteiger partial charge is 0.481 e. The van der Waals surface area contributed by atoms with Crippen LogP contribution in [-0.2, 0) is 17.8 Å². The molecular formula is C18H25NO2. The summed E-state index contributed by atoms with van der Waals surface area (Å²) in [5.41, 5.74) is 2.27. The van der Waals surface area contributed by atoms with E-state index in [1.807, 2.05) is 0 Å². The minimum absolute atomic E-state index is 0.524. The van der Waals surface area contributed by atoms with Gasteiger partial charge in [0.05, 0.1) is 5.41 Å². The normalized spacial score (nSPS) is 29.9. The summed E-state index contributed by atoms with van der Waals surface area (Å²) in [6.45, 7) is 4.80. The molecule has 1 aromatic rings. The summed E-state index contributed by atoms with van der Waals surface area (Å²) in [5.74, 6) is -0.0557. The Kier molecular flexibility index (Phi) is 4.03. The fourth-order valence-corrected chi connectivity index (χ4v) is 4.18. The second-order valence-corrected chi connectivity index (χ2v) is 7.02. The lowest BCUT2D eigenvalue weighted by Crippen LogP contribution is -2.47. The van der Waals surface area contributed by atoms with Crippen LogP contribution < -0.4 is 0 Å². The van der Waals surface area contributed by atoms with Crippen LogP contribution in [0.4, 0.5) is 0 Å². The molecule has 114 valence electrons.